The summed E-state index contributed by atoms with van der Waals surface area (Å²) in [6, 6.07) is 0. The number of carbonyl (C=O) groups is 4. The number of rotatable bonds is 78. The molecule has 0 aliphatic carbocycles. The van der Waals surface area contributed by atoms with Gasteiger partial charge in [0.1, 0.15) is 19.3 Å². The van der Waals surface area contributed by atoms with Gasteiger partial charge in [-0.25, -0.2) is 9.13 Å². The van der Waals surface area contributed by atoms with Crippen LogP contribution in [0.5, 0.6) is 0 Å². The number of aliphatic hydroxyl groups is 1. The Morgan fingerprint density at radius 3 is 0.732 bits per heavy atom. The largest absolute Gasteiger partial charge is 0.472 e. The van der Waals surface area contributed by atoms with E-state index in [9.17, 15) is 43.2 Å². The minimum absolute atomic E-state index is 0.106. The average molecular weight is 1420 g/mol. The molecule has 6 atom stereocenters. The summed E-state index contributed by atoms with van der Waals surface area (Å²) in [7, 11) is -9.91. The van der Waals surface area contributed by atoms with Gasteiger partial charge in [-0.2, -0.15) is 0 Å². The molecule has 0 aromatic rings. The highest BCUT2D eigenvalue weighted by atomic mass is 31.2. The Bertz CT molecular complexity index is 1860. The van der Waals surface area contributed by atoms with E-state index in [-0.39, 0.29) is 25.7 Å². The minimum atomic E-state index is -4.96. The van der Waals surface area contributed by atoms with Gasteiger partial charge in [-0.1, -0.05) is 362 Å². The molecule has 0 radical (unpaired) electrons. The normalized spacial score (nSPS) is 14.2. The molecule has 19 heteroatoms. The Morgan fingerprint density at radius 2 is 0.495 bits per heavy atom. The monoisotopic (exact) mass is 1420 g/mol. The Hall–Kier alpha value is -1.94. The second-order valence-corrected chi connectivity index (χ2v) is 31.3. The van der Waals surface area contributed by atoms with E-state index in [1.807, 2.05) is 0 Å². The fraction of sp³-hybridized carbons (Fsp3) is 0.949. The van der Waals surface area contributed by atoms with Crippen molar-refractivity contribution in [3.8, 4) is 0 Å². The molecule has 0 bridgehead atoms. The van der Waals surface area contributed by atoms with E-state index in [2.05, 4.69) is 34.6 Å². The fourth-order valence-corrected chi connectivity index (χ4v) is 13.6. The second kappa shape index (κ2) is 71.1. The van der Waals surface area contributed by atoms with Crippen molar-refractivity contribution >= 4 is 39.5 Å². The zero-order valence-corrected chi connectivity index (χ0v) is 65.0. The molecule has 3 N–H and O–H groups in total. The van der Waals surface area contributed by atoms with Crippen LogP contribution < -0.4 is 0 Å². The van der Waals surface area contributed by atoms with Gasteiger partial charge in [0, 0.05) is 25.7 Å². The summed E-state index contributed by atoms with van der Waals surface area (Å²) in [5.41, 5.74) is 0. The summed E-state index contributed by atoms with van der Waals surface area (Å²) >= 11 is 0. The molecule has 17 nitrogen and oxygen atoms in total. The smallest absolute Gasteiger partial charge is 0.462 e. The van der Waals surface area contributed by atoms with Crippen LogP contribution in [0.4, 0.5) is 0 Å². The zero-order valence-electron chi connectivity index (χ0n) is 63.2. The number of hydrogen-bond donors (Lipinski definition) is 3. The molecule has 0 saturated carbocycles. The number of esters is 4. The molecule has 576 valence electrons. The maximum atomic E-state index is 13.1. The van der Waals surface area contributed by atoms with Crippen molar-refractivity contribution in [2.75, 3.05) is 39.6 Å². The third-order valence-corrected chi connectivity index (χ3v) is 20.5. The van der Waals surface area contributed by atoms with Crippen molar-refractivity contribution in [2.45, 2.75) is 432 Å². The number of ether oxygens (including phenoxy) is 4. The highest BCUT2D eigenvalue weighted by Gasteiger charge is 2.30. The third-order valence-electron chi connectivity index (χ3n) is 18.6. The standard InChI is InChI=1S/C78H152O17P2/c1-6-10-13-16-19-22-25-27-29-30-31-32-34-36-39-42-48-53-58-63-77(82)94-73(67-89-76(81)62-57-52-47-41-38-35-33-28-26-23-20-17-14-11-7-2)69-92-96(84,85)90-65-72(79)66-91-97(86,87)93-70-74(68-88-75(80)61-56-51-46-40-37-24-21-18-15-12-8-3)95-78(83)64-59-54-49-44-43-45-50-55-60-71(5)9-4/h71-74,79H,6-70H2,1-5H3,(H,84,85)(H,86,87)/t71?,72-,73-,74-/m1/s1. The number of unbranched alkanes of at least 4 members (excludes halogenated alkanes) is 49. The van der Waals surface area contributed by atoms with Gasteiger partial charge in [0.15, 0.2) is 12.2 Å². The first-order chi connectivity index (χ1) is 47.1. The van der Waals surface area contributed by atoms with Crippen molar-refractivity contribution in [2.24, 2.45) is 5.92 Å². The molecule has 0 aliphatic heterocycles. The number of phosphoric acid groups is 2. The lowest BCUT2D eigenvalue weighted by molar-refractivity contribution is -0.161. The van der Waals surface area contributed by atoms with E-state index >= 15 is 0 Å². The molecule has 97 heavy (non-hydrogen) atoms. The van der Waals surface area contributed by atoms with E-state index in [4.69, 9.17) is 37.0 Å². The lowest BCUT2D eigenvalue weighted by Crippen LogP contribution is -2.30. The molecule has 0 aromatic heterocycles. The van der Waals surface area contributed by atoms with Crippen LogP contribution >= 0.6 is 15.6 Å². The second-order valence-electron chi connectivity index (χ2n) is 28.3. The van der Waals surface area contributed by atoms with Crippen molar-refractivity contribution in [1.29, 1.82) is 0 Å². The fourth-order valence-electron chi connectivity index (χ4n) is 12.0. The van der Waals surface area contributed by atoms with Crippen molar-refractivity contribution in [3.63, 3.8) is 0 Å². The molecule has 0 aromatic carbocycles. The molecular formula is C78H152O17P2. The van der Waals surface area contributed by atoms with Crippen molar-refractivity contribution in [3.05, 3.63) is 0 Å². The maximum Gasteiger partial charge on any atom is 0.472 e. The summed E-state index contributed by atoms with van der Waals surface area (Å²) in [5, 5.41) is 10.6. The van der Waals surface area contributed by atoms with Gasteiger partial charge in [-0.15, -0.1) is 0 Å². The first kappa shape index (κ1) is 95.1. The molecule has 0 spiro atoms. The molecule has 0 fully saturated rings. The summed E-state index contributed by atoms with van der Waals surface area (Å²) in [6.07, 6.45) is 60.9. The van der Waals surface area contributed by atoms with Crippen molar-refractivity contribution in [1.82, 2.24) is 0 Å². The molecule has 0 rings (SSSR count). The molecule has 0 aliphatic rings. The third kappa shape index (κ3) is 70.9. The molecule has 0 saturated heterocycles. The Balaban J connectivity index is 5.24. The SMILES string of the molecule is CCCCCCCCCCCCCCCCCCCCCC(=O)O[C@H](COC(=O)CCCCCCCCCCCCCCCCC)COP(=O)(O)OC[C@@H](O)COP(=O)(O)OC[C@@H](COC(=O)CCCCCCCCCCCCC)OC(=O)CCCCCCCCCCC(C)CC. The van der Waals surface area contributed by atoms with Crippen LogP contribution in [-0.4, -0.2) is 96.7 Å². The summed E-state index contributed by atoms with van der Waals surface area (Å²) < 4.78 is 68.6. The van der Waals surface area contributed by atoms with Gasteiger partial charge in [0.2, 0.25) is 0 Å². The number of hydrogen-bond acceptors (Lipinski definition) is 15. The number of phosphoric ester groups is 2. The van der Waals surface area contributed by atoms with E-state index < -0.39 is 97.5 Å². The molecule has 3 unspecified atom stereocenters. The Kier molecular flexibility index (Phi) is 69.6. The Labute approximate surface area is 594 Å². The quantitative estimate of drug-likeness (QED) is 0.0222. The number of aliphatic hydroxyl groups excluding tert-OH is 1. The van der Waals surface area contributed by atoms with Crippen LogP contribution in [0.3, 0.4) is 0 Å². The van der Waals surface area contributed by atoms with Crippen LogP contribution in [0.25, 0.3) is 0 Å². The van der Waals surface area contributed by atoms with Gasteiger partial charge in [-0.05, 0) is 31.6 Å². The van der Waals surface area contributed by atoms with Crippen LogP contribution in [0.15, 0.2) is 0 Å². The molecular weight excluding hydrogens is 1270 g/mol. The van der Waals surface area contributed by atoms with Crippen LogP contribution in [0.2, 0.25) is 0 Å². The van der Waals surface area contributed by atoms with E-state index in [1.54, 1.807) is 0 Å². The first-order valence-electron chi connectivity index (χ1n) is 40.7. The van der Waals surface area contributed by atoms with Gasteiger partial charge in [0.25, 0.3) is 0 Å². The van der Waals surface area contributed by atoms with E-state index in [0.717, 1.165) is 95.8 Å². The van der Waals surface area contributed by atoms with Gasteiger partial charge < -0.3 is 33.8 Å². The van der Waals surface area contributed by atoms with Crippen LogP contribution in [-0.2, 0) is 65.4 Å². The minimum Gasteiger partial charge on any atom is -0.462 e. The van der Waals surface area contributed by atoms with E-state index in [1.165, 1.54) is 238 Å². The van der Waals surface area contributed by atoms with Crippen LogP contribution in [0.1, 0.15) is 413 Å². The summed E-state index contributed by atoms with van der Waals surface area (Å²) in [5.74, 6) is -1.34. The van der Waals surface area contributed by atoms with Crippen LogP contribution in [0, 0.1) is 5.92 Å². The van der Waals surface area contributed by atoms with E-state index in [0.29, 0.717) is 25.7 Å². The van der Waals surface area contributed by atoms with Gasteiger partial charge >= 0.3 is 39.5 Å². The zero-order chi connectivity index (χ0) is 71.2. The maximum absolute atomic E-state index is 13.1. The topological polar surface area (TPSA) is 237 Å². The van der Waals surface area contributed by atoms with Crippen molar-refractivity contribution < 1.29 is 80.2 Å². The lowest BCUT2D eigenvalue weighted by Gasteiger charge is -2.21. The molecule has 0 amide bonds. The highest BCUT2D eigenvalue weighted by Crippen LogP contribution is 2.45. The van der Waals surface area contributed by atoms with Gasteiger partial charge in [0.05, 0.1) is 26.4 Å². The summed E-state index contributed by atoms with van der Waals surface area (Å²) in [6.45, 7) is 7.31. The lowest BCUT2D eigenvalue weighted by atomic mass is 9.99. The van der Waals surface area contributed by atoms with Gasteiger partial charge in [-0.3, -0.25) is 37.3 Å². The predicted octanol–water partition coefficient (Wildman–Crippen LogP) is 23.3. The predicted molar refractivity (Wildman–Crippen MR) is 395 cm³/mol. The molecule has 0 heterocycles. The first-order valence-corrected chi connectivity index (χ1v) is 43.7. The summed E-state index contributed by atoms with van der Waals surface area (Å²) in [4.78, 5) is 72.9. The highest BCUT2D eigenvalue weighted by molar-refractivity contribution is 7.47. The average Bonchev–Trinajstić information content (AvgIpc) is 1.70. The Morgan fingerprint density at radius 1 is 0.289 bits per heavy atom. The number of carbonyl (C=O) groups excluding carboxylic acids is 4.